The molecule has 1 aromatic heterocycles. The van der Waals surface area contributed by atoms with Gasteiger partial charge in [-0.15, -0.1) is 0 Å². The van der Waals surface area contributed by atoms with E-state index in [1.54, 1.807) is 42.5 Å². The van der Waals surface area contributed by atoms with E-state index in [1.165, 1.54) is 10.6 Å². The molecular formula is C17H14ClN3O4. The fourth-order valence-electron chi connectivity index (χ4n) is 2.33. The van der Waals surface area contributed by atoms with Crippen LogP contribution in [-0.2, 0) is 11.3 Å². The van der Waals surface area contributed by atoms with Crippen molar-refractivity contribution in [2.75, 3.05) is 0 Å². The monoisotopic (exact) mass is 359 g/mol. The lowest BCUT2D eigenvalue weighted by atomic mass is 10.2. The summed E-state index contributed by atoms with van der Waals surface area (Å²) in [5.41, 5.74) is 6.00. The van der Waals surface area contributed by atoms with Crippen molar-refractivity contribution >= 4 is 34.5 Å². The largest absolute Gasteiger partial charge is 0.419 e. The number of fused-ring (bicyclic) bond motifs is 1. The lowest BCUT2D eigenvalue weighted by Crippen LogP contribution is -2.42. The van der Waals surface area contributed by atoms with Crippen LogP contribution in [0.1, 0.15) is 16.8 Å². The first kappa shape index (κ1) is 16.8. The number of amides is 2. The molecule has 0 aliphatic carbocycles. The molecule has 25 heavy (non-hydrogen) atoms. The Kier molecular flexibility index (Phi) is 4.85. The first-order chi connectivity index (χ1) is 12.0. The molecule has 3 aromatic rings. The predicted octanol–water partition coefficient (Wildman–Crippen LogP) is 2.10. The number of carbonyl (C=O) groups is 2. The topological polar surface area (TPSA) is 93.3 Å². The number of hydrogen-bond donors (Lipinski definition) is 2. The third-order valence-electron chi connectivity index (χ3n) is 3.54. The fourth-order valence-corrected chi connectivity index (χ4v) is 2.52. The van der Waals surface area contributed by atoms with Gasteiger partial charge in [0.1, 0.15) is 0 Å². The summed E-state index contributed by atoms with van der Waals surface area (Å²) in [5, 5.41) is 0.421. The van der Waals surface area contributed by atoms with Gasteiger partial charge in [-0.1, -0.05) is 29.8 Å². The Morgan fingerprint density at radius 2 is 1.88 bits per heavy atom. The molecule has 2 amide bonds. The SMILES string of the molecule is O=C(CCn1c(=O)oc2ccccc21)NNC(=O)c1cccc(Cl)c1. The zero-order valence-electron chi connectivity index (χ0n) is 13.0. The molecule has 0 unspecified atom stereocenters. The highest BCUT2D eigenvalue weighted by atomic mass is 35.5. The normalized spacial score (nSPS) is 10.6. The molecule has 0 saturated carbocycles. The number of benzene rings is 2. The number of para-hydroxylation sites is 2. The maximum atomic E-state index is 11.9. The number of aromatic nitrogens is 1. The Morgan fingerprint density at radius 3 is 2.68 bits per heavy atom. The average Bonchev–Trinajstić information content (AvgIpc) is 2.93. The molecule has 0 spiro atoms. The van der Waals surface area contributed by atoms with Gasteiger partial charge in [-0.05, 0) is 30.3 Å². The van der Waals surface area contributed by atoms with Crippen molar-refractivity contribution in [3.8, 4) is 0 Å². The van der Waals surface area contributed by atoms with Gasteiger partial charge in [-0.3, -0.25) is 25.0 Å². The second-order valence-corrected chi connectivity index (χ2v) is 5.69. The van der Waals surface area contributed by atoms with E-state index in [4.69, 9.17) is 16.0 Å². The summed E-state index contributed by atoms with van der Waals surface area (Å²) in [6.45, 7) is 0.134. The summed E-state index contributed by atoms with van der Waals surface area (Å²) >= 11 is 5.81. The number of nitrogens with zero attached hydrogens (tertiary/aromatic N) is 1. The third kappa shape index (κ3) is 3.89. The Labute approximate surface area is 147 Å². The molecule has 2 N–H and O–H groups in total. The molecule has 7 nitrogen and oxygen atoms in total. The zero-order chi connectivity index (χ0) is 17.8. The van der Waals surface area contributed by atoms with Crippen LogP contribution in [0.25, 0.3) is 11.1 Å². The molecule has 1 heterocycles. The van der Waals surface area contributed by atoms with E-state index < -0.39 is 17.6 Å². The number of hydrazine groups is 1. The molecule has 0 saturated heterocycles. The number of nitrogens with one attached hydrogen (secondary N) is 2. The number of hydrogen-bond acceptors (Lipinski definition) is 4. The van der Waals surface area contributed by atoms with Gasteiger partial charge in [0, 0.05) is 23.6 Å². The summed E-state index contributed by atoms with van der Waals surface area (Å²) in [6, 6.07) is 13.3. The Hall–Kier alpha value is -3.06. The van der Waals surface area contributed by atoms with Gasteiger partial charge < -0.3 is 4.42 Å². The van der Waals surface area contributed by atoms with Crippen molar-refractivity contribution in [1.29, 1.82) is 0 Å². The highest BCUT2D eigenvalue weighted by Gasteiger charge is 2.11. The highest BCUT2D eigenvalue weighted by molar-refractivity contribution is 6.30. The van der Waals surface area contributed by atoms with E-state index in [9.17, 15) is 14.4 Å². The van der Waals surface area contributed by atoms with Gasteiger partial charge in [-0.25, -0.2) is 4.79 Å². The maximum Gasteiger partial charge on any atom is 0.419 e. The quantitative estimate of drug-likeness (QED) is 0.697. The van der Waals surface area contributed by atoms with Crippen LogP contribution in [0.5, 0.6) is 0 Å². The van der Waals surface area contributed by atoms with Gasteiger partial charge in [-0.2, -0.15) is 0 Å². The predicted molar refractivity (Wildman–Crippen MR) is 92.2 cm³/mol. The number of halogens is 1. The Balaban J connectivity index is 1.57. The minimum Gasteiger partial charge on any atom is -0.408 e. The Morgan fingerprint density at radius 1 is 1.08 bits per heavy atom. The van der Waals surface area contributed by atoms with E-state index in [0.29, 0.717) is 21.7 Å². The second-order valence-electron chi connectivity index (χ2n) is 5.25. The molecule has 0 fully saturated rings. The Bertz CT molecular complexity index is 993. The average molecular weight is 360 g/mol. The van der Waals surface area contributed by atoms with Crippen LogP contribution in [-0.4, -0.2) is 16.4 Å². The smallest absolute Gasteiger partial charge is 0.408 e. The van der Waals surface area contributed by atoms with Crippen LogP contribution in [0, 0.1) is 0 Å². The van der Waals surface area contributed by atoms with Gasteiger partial charge in [0.05, 0.1) is 5.52 Å². The van der Waals surface area contributed by atoms with Crippen LogP contribution < -0.4 is 16.6 Å². The van der Waals surface area contributed by atoms with Crippen LogP contribution in [0.3, 0.4) is 0 Å². The molecule has 2 aromatic carbocycles. The van der Waals surface area contributed by atoms with E-state index in [-0.39, 0.29) is 13.0 Å². The number of carbonyl (C=O) groups excluding carboxylic acids is 2. The molecule has 0 aliphatic rings. The first-order valence-electron chi connectivity index (χ1n) is 7.48. The van der Waals surface area contributed by atoms with E-state index in [0.717, 1.165) is 0 Å². The van der Waals surface area contributed by atoms with Gasteiger partial charge >= 0.3 is 5.76 Å². The molecule has 0 radical (unpaired) electrons. The van der Waals surface area contributed by atoms with Crippen molar-refractivity contribution in [2.45, 2.75) is 13.0 Å². The molecule has 128 valence electrons. The molecule has 0 bridgehead atoms. The second kappa shape index (κ2) is 7.23. The van der Waals surface area contributed by atoms with Crippen LogP contribution in [0.15, 0.2) is 57.7 Å². The fraction of sp³-hybridized carbons (Fsp3) is 0.118. The van der Waals surface area contributed by atoms with Crippen LogP contribution >= 0.6 is 11.6 Å². The van der Waals surface area contributed by atoms with Crippen molar-refractivity contribution in [3.63, 3.8) is 0 Å². The molecule has 0 atom stereocenters. The molecule has 0 aliphatic heterocycles. The van der Waals surface area contributed by atoms with Crippen molar-refractivity contribution < 1.29 is 14.0 Å². The molecule has 8 heteroatoms. The van der Waals surface area contributed by atoms with E-state index in [2.05, 4.69) is 10.9 Å². The number of aryl methyl sites for hydroxylation is 1. The lowest BCUT2D eigenvalue weighted by molar-refractivity contribution is -0.122. The van der Waals surface area contributed by atoms with E-state index in [1.807, 2.05) is 0 Å². The van der Waals surface area contributed by atoms with Crippen molar-refractivity contribution in [2.24, 2.45) is 0 Å². The number of oxazole rings is 1. The minimum absolute atomic E-state index is 0.000734. The van der Waals surface area contributed by atoms with Crippen LogP contribution in [0.2, 0.25) is 5.02 Å². The first-order valence-corrected chi connectivity index (χ1v) is 7.85. The van der Waals surface area contributed by atoms with Gasteiger partial charge in [0.15, 0.2) is 5.58 Å². The zero-order valence-corrected chi connectivity index (χ0v) is 13.7. The summed E-state index contributed by atoms with van der Waals surface area (Å²) in [5.74, 6) is -1.45. The van der Waals surface area contributed by atoms with E-state index >= 15 is 0 Å². The van der Waals surface area contributed by atoms with Gasteiger partial charge in [0.25, 0.3) is 5.91 Å². The van der Waals surface area contributed by atoms with Crippen molar-refractivity contribution in [1.82, 2.24) is 15.4 Å². The van der Waals surface area contributed by atoms with Crippen LogP contribution in [0.4, 0.5) is 0 Å². The van der Waals surface area contributed by atoms with Crippen molar-refractivity contribution in [3.05, 3.63) is 69.7 Å². The lowest BCUT2D eigenvalue weighted by Gasteiger charge is -2.08. The standard InChI is InChI=1S/C17H14ClN3O4/c18-12-5-3-4-11(10-12)16(23)20-19-15(22)8-9-21-13-6-1-2-7-14(13)25-17(21)24/h1-7,10H,8-9H2,(H,19,22)(H,20,23). The minimum atomic E-state index is -0.531. The molecular weight excluding hydrogens is 346 g/mol. The summed E-state index contributed by atoms with van der Waals surface area (Å²) in [6.07, 6.45) is -0.000734. The summed E-state index contributed by atoms with van der Waals surface area (Å²) in [7, 11) is 0. The molecule has 3 rings (SSSR count). The van der Waals surface area contributed by atoms with Gasteiger partial charge in [0.2, 0.25) is 5.91 Å². The summed E-state index contributed by atoms with van der Waals surface area (Å²) in [4.78, 5) is 35.6. The number of rotatable bonds is 4. The third-order valence-corrected chi connectivity index (χ3v) is 3.77. The maximum absolute atomic E-state index is 11.9. The summed E-state index contributed by atoms with van der Waals surface area (Å²) < 4.78 is 6.46. The highest BCUT2D eigenvalue weighted by Crippen LogP contribution is 2.12.